The van der Waals surface area contributed by atoms with E-state index in [-0.39, 0.29) is 5.69 Å². The molecule has 1 aromatic heterocycles. The standard InChI is InChI=1S/C17H20N2O4/c1-17(2,3)23-16(22)18-13-9-14(15(20)21)19(11-13)10-12-7-5-4-6-8-12/h4-9,11H,10H2,1-3H3,(H,18,22)(H,20,21). The lowest BCUT2D eigenvalue weighted by Crippen LogP contribution is -2.27. The Bertz CT molecular complexity index is 699. The van der Waals surface area contributed by atoms with E-state index < -0.39 is 17.7 Å². The molecule has 0 saturated heterocycles. The van der Waals surface area contributed by atoms with Gasteiger partial charge < -0.3 is 14.4 Å². The smallest absolute Gasteiger partial charge is 0.412 e. The van der Waals surface area contributed by atoms with Crippen LogP contribution < -0.4 is 5.32 Å². The highest BCUT2D eigenvalue weighted by molar-refractivity contribution is 5.90. The van der Waals surface area contributed by atoms with Crippen LogP contribution in [-0.4, -0.2) is 27.3 Å². The first-order valence-electron chi connectivity index (χ1n) is 7.22. The van der Waals surface area contributed by atoms with Gasteiger partial charge in [-0.05, 0) is 32.4 Å². The Morgan fingerprint density at radius 3 is 2.43 bits per heavy atom. The van der Waals surface area contributed by atoms with Crippen LogP contribution in [0.15, 0.2) is 42.6 Å². The number of aromatic carboxylic acids is 1. The van der Waals surface area contributed by atoms with Gasteiger partial charge in [-0.2, -0.15) is 0 Å². The van der Waals surface area contributed by atoms with Crippen LogP contribution in [0, 0.1) is 0 Å². The van der Waals surface area contributed by atoms with Crippen molar-refractivity contribution in [2.75, 3.05) is 5.32 Å². The van der Waals surface area contributed by atoms with Gasteiger partial charge in [0, 0.05) is 12.7 Å². The predicted molar refractivity (Wildman–Crippen MR) is 86.8 cm³/mol. The van der Waals surface area contributed by atoms with E-state index in [1.807, 2.05) is 30.3 Å². The SMILES string of the molecule is CC(C)(C)OC(=O)Nc1cc(C(=O)O)n(Cc2ccccc2)c1. The predicted octanol–water partition coefficient (Wildman–Crippen LogP) is 3.58. The molecule has 0 fully saturated rings. The molecule has 0 atom stereocenters. The normalized spacial score (nSPS) is 11.1. The first-order valence-corrected chi connectivity index (χ1v) is 7.22. The molecule has 2 N–H and O–H groups in total. The number of carbonyl (C=O) groups excluding carboxylic acids is 1. The third-order valence-corrected chi connectivity index (χ3v) is 2.96. The molecule has 0 unspecified atom stereocenters. The molecule has 0 bridgehead atoms. The average Bonchev–Trinajstić information content (AvgIpc) is 2.80. The summed E-state index contributed by atoms with van der Waals surface area (Å²) in [5.41, 5.74) is 0.827. The van der Waals surface area contributed by atoms with E-state index in [0.29, 0.717) is 12.2 Å². The van der Waals surface area contributed by atoms with Gasteiger partial charge in [-0.1, -0.05) is 30.3 Å². The number of rotatable bonds is 4. The molecule has 0 aliphatic carbocycles. The summed E-state index contributed by atoms with van der Waals surface area (Å²) in [5, 5.41) is 11.9. The van der Waals surface area contributed by atoms with Gasteiger partial charge in [0.2, 0.25) is 0 Å². The maximum absolute atomic E-state index is 11.8. The summed E-state index contributed by atoms with van der Waals surface area (Å²) in [6.07, 6.45) is 0.965. The molecular formula is C17H20N2O4. The molecule has 1 amide bonds. The number of carboxylic acid groups (broad SMARTS) is 1. The lowest BCUT2D eigenvalue weighted by molar-refractivity contribution is 0.0633. The molecule has 0 aliphatic rings. The number of carboxylic acids is 1. The Morgan fingerprint density at radius 1 is 1.22 bits per heavy atom. The monoisotopic (exact) mass is 316 g/mol. The molecule has 6 heteroatoms. The molecule has 1 aromatic carbocycles. The van der Waals surface area contributed by atoms with Crippen molar-refractivity contribution < 1.29 is 19.4 Å². The Morgan fingerprint density at radius 2 is 1.87 bits per heavy atom. The minimum absolute atomic E-state index is 0.0971. The number of benzene rings is 1. The first-order chi connectivity index (χ1) is 10.7. The Kier molecular flexibility index (Phi) is 4.74. The Balaban J connectivity index is 2.18. The second-order valence-corrected chi connectivity index (χ2v) is 6.16. The molecule has 6 nitrogen and oxygen atoms in total. The summed E-state index contributed by atoms with van der Waals surface area (Å²) in [7, 11) is 0. The van der Waals surface area contributed by atoms with Gasteiger partial charge in [-0.15, -0.1) is 0 Å². The maximum atomic E-state index is 11.8. The van der Waals surface area contributed by atoms with Crippen molar-refractivity contribution in [3.63, 3.8) is 0 Å². The lowest BCUT2D eigenvalue weighted by atomic mass is 10.2. The highest BCUT2D eigenvalue weighted by Crippen LogP contribution is 2.18. The quantitative estimate of drug-likeness (QED) is 0.903. The van der Waals surface area contributed by atoms with Crippen LogP contribution in [0.2, 0.25) is 0 Å². The molecule has 0 saturated carbocycles. The molecule has 2 aromatic rings. The molecule has 1 heterocycles. The summed E-state index contributed by atoms with van der Waals surface area (Å²) >= 11 is 0. The highest BCUT2D eigenvalue weighted by Gasteiger charge is 2.18. The van der Waals surface area contributed by atoms with Crippen molar-refractivity contribution in [1.29, 1.82) is 0 Å². The molecule has 0 spiro atoms. The van der Waals surface area contributed by atoms with Crippen molar-refractivity contribution in [3.05, 3.63) is 53.9 Å². The topological polar surface area (TPSA) is 80.6 Å². The summed E-state index contributed by atoms with van der Waals surface area (Å²) in [5.74, 6) is -1.06. The van der Waals surface area contributed by atoms with Crippen LogP contribution in [0.3, 0.4) is 0 Å². The second-order valence-electron chi connectivity index (χ2n) is 6.16. The van der Waals surface area contributed by atoms with E-state index >= 15 is 0 Å². The van der Waals surface area contributed by atoms with E-state index in [9.17, 15) is 14.7 Å². The van der Waals surface area contributed by atoms with E-state index in [2.05, 4.69) is 5.32 Å². The number of hydrogen-bond donors (Lipinski definition) is 2. The number of amides is 1. The first kappa shape index (κ1) is 16.6. The number of anilines is 1. The van der Waals surface area contributed by atoms with Gasteiger partial charge in [0.25, 0.3) is 0 Å². The average molecular weight is 316 g/mol. The number of hydrogen-bond acceptors (Lipinski definition) is 3. The van der Waals surface area contributed by atoms with Crippen molar-refractivity contribution in [1.82, 2.24) is 4.57 Å². The number of aromatic nitrogens is 1. The van der Waals surface area contributed by atoms with Crippen LogP contribution in [0.5, 0.6) is 0 Å². The van der Waals surface area contributed by atoms with Gasteiger partial charge in [0.15, 0.2) is 0 Å². The number of nitrogens with zero attached hydrogens (tertiary/aromatic N) is 1. The van der Waals surface area contributed by atoms with E-state index in [1.54, 1.807) is 31.5 Å². The van der Waals surface area contributed by atoms with Crippen LogP contribution in [-0.2, 0) is 11.3 Å². The summed E-state index contributed by atoms with van der Waals surface area (Å²) in [6.45, 7) is 5.68. The van der Waals surface area contributed by atoms with Crippen LogP contribution in [0.4, 0.5) is 10.5 Å². The summed E-state index contributed by atoms with van der Waals surface area (Å²) < 4.78 is 6.74. The van der Waals surface area contributed by atoms with Crippen LogP contribution >= 0.6 is 0 Å². The summed E-state index contributed by atoms with van der Waals surface area (Å²) in [4.78, 5) is 23.2. The molecule has 23 heavy (non-hydrogen) atoms. The second kappa shape index (κ2) is 6.56. The summed E-state index contributed by atoms with van der Waals surface area (Å²) in [6, 6.07) is 10.9. The van der Waals surface area contributed by atoms with Crippen LogP contribution in [0.25, 0.3) is 0 Å². The van der Waals surface area contributed by atoms with Gasteiger partial charge >= 0.3 is 12.1 Å². The fourth-order valence-electron chi connectivity index (χ4n) is 2.09. The molecule has 0 aliphatic heterocycles. The third-order valence-electron chi connectivity index (χ3n) is 2.96. The van der Waals surface area contributed by atoms with Crippen molar-refractivity contribution >= 4 is 17.7 Å². The number of carbonyl (C=O) groups is 2. The minimum atomic E-state index is -1.06. The van der Waals surface area contributed by atoms with Crippen molar-refractivity contribution in [2.45, 2.75) is 32.9 Å². The zero-order chi connectivity index (χ0) is 17.0. The fraction of sp³-hybridized carbons (Fsp3) is 0.294. The molecule has 2 rings (SSSR count). The van der Waals surface area contributed by atoms with E-state index in [1.165, 1.54) is 6.07 Å². The van der Waals surface area contributed by atoms with Crippen molar-refractivity contribution in [3.8, 4) is 0 Å². The van der Waals surface area contributed by atoms with E-state index in [4.69, 9.17) is 4.74 Å². The zero-order valence-electron chi connectivity index (χ0n) is 13.4. The Hall–Kier alpha value is -2.76. The minimum Gasteiger partial charge on any atom is -0.477 e. The van der Waals surface area contributed by atoms with Gasteiger partial charge in [-0.3, -0.25) is 5.32 Å². The third kappa shape index (κ3) is 4.88. The number of nitrogens with one attached hydrogen (secondary N) is 1. The fourth-order valence-corrected chi connectivity index (χ4v) is 2.09. The largest absolute Gasteiger partial charge is 0.477 e. The zero-order valence-corrected chi connectivity index (χ0v) is 13.4. The van der Waals surface area contributed by atoms with Gasteiger partial charge in [0.1, 0.15) is 11.3 Å². The Labute approximate surface area is 134 Å². The number of ether oxygens (including phenoxy) is 1. The van der Waals surface area contributed by atoms with E-state index in [0.717, 1.165) is 5.56 Å². The van der Waals surface area contributed by atoms with Crippen molar-refractivity contribution in [2.24, 2.45) is 0 Å². The molecule has 122 valence electrons. The molecular weight excluding hydrogens is 296 g/mol. The van der Waals surface area contributed by atoms with Gasteiger partial charge in [0.05, 0.1) is 5.69 Å². The van der Waals surface area contributed by atoms with Crippen LogP contribution in [0.1, 0.15) is 36.8 Å². The lowest BCUT2D eigenvalue weighted by Gasteiger charge is -2.19. The maximum Gasteiger partial charge on any atom is 0.412 e. The molecule has 0 radical (unpaired) electrons. The highest BCUT2D eigenvalue weighted by atomic mass is 16.6. The van der Waals surface area contributed by atoms with Gasteiger partial charge in [-0.25, -0.2) is 9.59 Å².